The first-order chi connectivity index (χ1) is 17.2. The minimum atomic E-state index is -3.85. The zero-order valence-electron chi connectivity index (χ0n) is 22.3. The minimum Gasteiger partial charge on any atom is -0.463 e. The van der Waals surface area contributed by atoms with Crippen LogP contribution in [0.5, 0.6) is 0 Å². The number of fused-ring (bicyclic) bond motifs is 3. The summed E-state index contributed by atoms with van der Waals surface area (Å²) in [6.07, 6.45) is -0.673. The Morgan fingerprint density at radius 1 is 0.946 bits per heavy atom. The number of rotatable bonds is 10. The average Bonchev–Trinajstić information content (AvgIpc) is 3.28. The molecule has 1 unspecified atom stereocenters. The molecule has 3 fully saturated rings. The van der Waals surface area contributed by atoms with E-state index in [1.165, 1.54) is 19.1 Å². The normalized spacial score (nSPS) is 30.9. The van der Waals surface area contributed by atoms with Crippen LogP contribution in [0.4, 0.5) is 0 Å². The van der Waals surface area contributed by atoms with Crippen LogP contribution in [0.1, 0.15) is 65.9 Å². The lowest BCUT2D eigenvalue weighted by Gasteiger charge is -2.37. The fraction of sp³-hybridized carbons (Fsp3) is 0.731. The summed E-state index contributed by atoms with van der Waals surface area (Å²) in [5, 5.41) is 0. The Kier molecular flexibility index (Phi) is 8.35. The summed E-state index contributed by atoms with van der Waals surface area (Å²) >= 11 is 0. The van der Waals surface area contributed by atoms with Crippen LogP contribution in [0.15, 0.2) is 29.2 Å². The lowest BCUT2D eigenvalue weighted by molar-refractivity contribution is -0.236. The van der Waals surface area contributed by atoms with Gasteiger partial charge in [-0.15, -0.1) is 0 Å². The molecule has 0 aromatic heterocycles. The predicted octanol–water partition coefficient (Wildman–Crippen LogP) is 3.59. The standard InChI is InChI=1S/C26H38O10S/c1-16-9-12-19(13-10-16)37(28,29)30-15-7-8-18(31-17(2)27)11-14-20-21-22(34-25(3,4)33-21)23-24(32-20)36-26(5,6)35-23/h9-10,12-13,18,20-24H,7-8,11,14-15H2,1-6H3/t18?,20-,21+,22+,23-,24-/m1/s1. The monoisotopic (exact) mass is 542 g/mol. The van der Waals surface area contributed by atoms with Crippen LogP contribution in [0.3, 0.4) is 0 Å². The number of aryl methyl sites for hydroxylation is 1. The first-order valence-corrected chi connectivity index (χ1v) is 14.2. The predicted molar refractivity (Wildman–Crippen MR) is 131 cm³/mol. The number of carbonyl (C=O) groups is 1. The highest BCUT2D eigenvalue weighted by Gasteiger charge is 2.60. The zero-order chi connectivity index (χ0) is 27.0. The summed E-state index contributed by atoms with van der Waals surface area (Å²) in [5.74, 6) is -2.00. The van der Waals surface area contributed by atoms with Crippen LogP contribution >= 0.6 is 0 Å². The van der Waals surface area contributed by atoms with Crippen molar-refractivity contribution in [2.24, 2.45) is 0 Å². The topological polar surface area (TPSA) is 116 Å². The molecular weight excluding hydrogens is 504 g/mol. The van der Waals surface area contributed by atoms with Crippen molar-refractivity contribution in [3.63, 3.8) is 0 Å². The molecule has 0 aliphatic carbocycles. The van der Waals surface area contributed by atoms with Crippen molar-refractivity contribution in [1.29, 1.82) is 0 Å². The van der Waals surface area contributed by atoms with Crippen molar-refractivity contribution in [2.45, 2.75) is 121 Å². The lowest BCUT2D eigenvalue weighted by Crippen LogP contribution is -2.55. The second kappa shape index (κ2) is 10.9. The van der Waals surface area contributed by atoms with Crippen molar-refractivity contribution in [1.82, 2.24) is 0 Å². The van der Waals surface area contributed by atoms with E-state index >= 15 is 0 Å². The van der Waals surface area contributed by atoms with Crippen LogP contribution in [-0.2, 0) is 47.5 Å². The molecule has 11 heteroatoms. The number of hydrogen-bond acceptors (Lipinski definition) is 10. The van der Waals surface area contributed by atoms with Gasteiger partial charge in [0, 0.05) is 6.92 Å². The van der Waals surface area contributed by atoms with Gasteiger partial charge in [0.15, 0.2) is 17.9 Å². The van der Waals surface area contributed by atoms with Crippen LogP contribution in [-0.4, -0.2) is 69.4 Å². The maximum atomic E-state index is 12.4. The Morgan fingerprint density at radius 3 is 2.24 bits per heavy atom. The number of ether oxygens (including phenoxy) is 6. The molecule has 3 heterocycles. The second-order valence-corrected chi connectivity index (χ2v) is 12.4. The molecular formula is C26H38O10S. The smallest absolute Gasteiger partial charge is 0.302 e. The SMILES string of the molecule is CC(=O)OC(CCCOS(=O)(=O)c1ccc(C)cc1)CC[C@H]1O[C@@H]2OC(C)(C)O[C@@H]2[C@H]2OC(C)(C)O[C@H]21. The fourth-order valence-electron chi connectivity index (χ4n) is 5.03. The van der Waals surface area contributed by atoms with Gasteiger partial charge in [-0.25, -0.2) is 0 Å². The Balaban J connectivity index is 1.33. The fourth-order valence-corrected chi connectivity index (χ4v) is 5.97. The van der Waals surface area contributed by atoms with E-state index < -0.39 is 46.2 Å². The van der Waals surface area contributed by atoms with Crippen LogP contribution in [0, 0.1) is 6.92 Å². The molecule has 3 aliphatic rings. The molecule has 1 aromatic carbocycles. The zero-order valence-corrected chi connectivity index (χ0v) is 23.1. The molecule has 0 spiro atoms. The average molecular weight is 543 g/mol. The molecule has 6 atom stereocenters. The first kappa shape index (κ1) is 28.4. The molecule has 3 aliphatic heterocycles. The van der Waals surface area contributed by atoms with Gasteiger partial charge >= 0.3 is 5.97 Å². The molecule has 37 heavy (non-hydrogen) atoms. The van der Waals surface area contributed by atoms with Crippen LogP contribution < -0.4 is 0 Å². The number of hydrogen-bond donors (Lipinski definition) is 0. The Bertz CT molecular complexity index is 1050. The van der Waals surface area contributed by atoms with Crippen molar-refractivity contribution in [2.75, 3.05) is 6.61 Å². The lowest BCUT2D eigenvalue weighted by atomic mass is 9.94. The van der Waals surface area contributed by atoms with Gasteiger partial charge in [0.25, 0.3) is 10.1 Å². The van der Waals surface area contributed by atoms with E-state index in [0.717, 1.165) is 5.56 Å². The molecule has 4 rings (SSSR count). The van der Waals surface area contributed by atoms with E-state index in [0.29, 0.717) is 25.7 Å². The molecule has 0 saturated carbocycles. The number of esters is 1. The van der Waals surface area contributed by atoms with E-state index in [2.05, 4.69) is 0 Å². The molecule has 0 N–H and O–H groups in total. The van der Waals surface area contributed by atoms with Gasteiger partial charge in [-0.1, -0.05) is 17.7 Å². The van der Waals surface area contributed by atoms with E-state index in [9.17, 15) is 13.2 Å². The van der Waals surface area contributed by atoms with Gasteiger partial charge in [0.1, 0.15) is 24.4 Å². The van der Waals surface area contributed by atoms with Gasteiger partial charge in [-0.2, -0.15) is 8.42 Å². The van der Waals surface area contributed by atoms with E-state index in [1.807, 2.05) is 34.6 Å². The summed E-state index contributed by atoms with van der Waals surface area (Å²) in [4.78, 5) is 11.8. The highest BCUT2D eigenvalue weighted by Crippen LogP contribution is 2.45. The van der Waals surface area contributed by atoms with Crippen molar-refractivity contribution in [3.8, 4) is 0 Å². The third-order valence-electron chi connectivity index (χ3n) is 6.58. The molecule has 10 nitrogen and oxygen atoms in total. The third-order valence-corrected chi connectivity index (χ3v) is 7.90. The molecule has 3 saturated heterocycles. The molecule has 1 aromatic rings. The van der Waals surface area contributed by atoms with Gasteiger partial charge in [-0.05, 0) is 72.4 Å². The largest absolute Gasteiger partial charge is 0.463 e. The van der Waals surface area contributed by atoms with Gasteiger partial charge in [-0.3, -0.25) is 8.98 Å². The second-order valence-electron chi connectivity index (χ2n) is 10.7. The van der Waals surface area contributed by atoms with E-state index in [1.54, 1.807) is 12.1 Å². The Hall–Kier alpha value is -1.60. The van der Waals surface area contributed by atoms with E-state index in [4.69, 9.17) is 32.6 Å². The molecule has 0 bridgehead atoms. The molecule has 0 amide bonds. The van der Waals surface area contributed by atoms with Gasteiger partial charge in [0.2, 0.25) is 0 Å². The van der Waals surface area contributed by atoms with Gasteiger partial charge < -0.3 is 28.4 Å². The maximum absolute atomic E-state index is 12.4. The van der Waals surface area contributed by atoms with E-state index in [-0.39, 0.29) is 29.8 Å². The quantitative estimate of drug-likeness (QED) is 0.247. The summed E-state index contributed by atoms with van der Waals surface area (Å²) in [6, 6.07) is 6.48. The highest BCUT2D eigenvalue weighted by molar-refractivity contribution is 7.86. The van der Waals surface area contributed by atoms with Crippen molar-refractivity contribution in [3.05, 3.63) is 29.8 Å². The summed E-state index contributed by atoms with van der Waals surface area (Å²) < 4.78 is 66.1. The maximum Gasteiger partial charge on any atom is 0.302 e. The summed E-state index contributed by atoms with van der Waals surface area (Å²) in [5.41, 5.74) is 0.959. The van der Waals surface area contributed by atoms with Crippen LogP contribution in [0.25, 0.3) is 0 Å². The minimum absolute atomic E-state index is 0.0201. The Morgan fingerprint density at radius 2 is 1.57 bits per heavy atom. The Labute approximate surface area is 219 Å². The van der Waals surface area contributed by atoms with Gasteiger partial charge in [0.05, 0.1) is 17.6 Å². The van der Waals surface area contributed by atoms with Crippen LogP contribution in [0.2, 0.25) is 0 Å². The number of benzene rings is 1. The summed E-state index contributed by atoms with van der Waals surface area (Å²) in [6.45, 7) is 10.6. The molecule has 0 radical (unpaired) electrons. The van der Waals surface area contributed by atoms with Crippen molar-refractivity contribution >= 4 is 16.1 Å². The van der Waals surface area contributed by atoms with Crippen molar-refractivity contribution < 1.29 is 45.8 Å². The first-order valence-electron chi connectivity index (χ1n) is 12.7. The molecule has 208 valence electrons. The number of carbonyl (C=O) groups excluding carboxylic acids is 1. The summed E-state index contributed by atoms with van der Waals surface area (Å²) in [7, 11) is -3.85. The third kappa shape index (κ3) is 7.08. The highest BCUT2D eigenvalue weighted by atomic mass is 32.2.